The number of aromatic hydroxyl groups is 1. The van der Waals surface area contributed by atoms with Gasteiger partial charge in [-0.05, 0) is 23.8 Å². The molecule has 0 saturated carbocycles. The maximum atomic E-state index is 11.8. The molecule has 1 amide bonds. The molecule has 1 aromatic heterocycles. The normalized spacial score (nSPS) is 17.2. The Kier molecular flexibility index (Phi) is 2.68. The molecule has 1 aliphatic heterocycles. The molecule has 0 unspecified atom stereocenters. The molecule has 0 atom stereocenters. The van der Waals surface area contributed by atoms with E-state index in [9.17, 15) is 18.3 Å². The van der Waals surface area contributed by atoms with Crippen molar-refractivity contribution in [2.45, 2.75) is 0 Å². The zero-order chi connectivity index (χ0) is 14.3. The predicted molar refractivity (Wildman–Crippen MR) is 70.2 cm³/mol. The Morgan fingerprint density at radius 2 is 2.05 bits per heavy atom. The summed E-state index contributed by atoms with van der Waals surface area (Å²) in [5.41, 5.74) is 1.45. The van der Waals surface area contributed by atoms with E-state index in [4.69, 9.17) is 4.42 Å². The molecule has 1 fully saturated rings. The third-order valence-electron chi connectivity index (χ3n) is 2.92. The Morgan fingerprint density at radius 3 is 2.65 bits per heavy atom. The van der Waals surface area contributed by atoms with Crippen LogP contribution in [0.1, 0.15) is 0 Å². The third kappa shape index (κ3) is 1.99. The first-order valence-electron chi connectivity index (χ1n) is 5.66. The summed E-state index contributed by atoms with van der Waals surface area (Å²) in [6.45, 7) is -0.356. The number of phenols is 1. The van der Waals surface area contributed by atoms with Gasteiger partial charge in [0.15, 0.2) is 0 Å². The molecule has 2 N–H and O–H groups in total. The molecule has 0 radical (unpaired) electrons. The topological polar surface area (TPSA) is 99.8 Å². The highest BCUT2D eigenvalue weighted by Gasteiger charge is 2.35. The molecule has 1 aliphatic rings. The van der Waals surface area contributed by atoms with Gasteiger partial charge in [-0.3, -0.25) is 4.79 Å². The molecule has 2 heterocycles. The number of carbonyl (C=O) groups excluding carboxylic acids is 1. The van der Waals surface area contributed by atoms with E-state index >= 15 is 0 Å². The summed E-state index contributed by atoms with van der Waals surface area (Å²) in [6.07, 6.45) is 2.98. The van der Waals surface area contributed by atoms with E-state index in [2.05, 4.69) is 0 Å². The molecular formula is C12H10N2O5S. The summed E-state index contributed by atoms with van der Waals surface area (Å²) < 4.78 is 31.2. The third-order valence-corrected chi connectivity index (χ3v) is 4.31. The molecule has 0 bridgehead atoms. The minimum Gasteiger partial charge on any atom is -0.506 e. The fourth-order valence-electron chi connectivity index (χ4n) is 1.99. The summed E-state index contributed by atoms with van der Waals surface area (Å²) >= 11 is 0. The van der Waals surface area contributed by atoms with E-state index in [0.29, 0.717) is 5.56 Å². The highest BCUT2D eigenvalue weighted by atomic mass is 32.2. The second-order valence-electron chi connectivity index (χ2n) is 4.25. The van der Waals surface area contributed by atoms with Crippen molar-refractivity contribution in [2.24, 2.45) is 0 Å². The van der Waals surface area contributed by atoms with Gasteiger partial charge in [-0.1, -0.05) is 6.07 Å². The first kappa shape index (κ1) is 12.5. The van der Waals surface area contributed by atoms with Gasteiger partial charge in [-0.25, -0.2) is 9.03 Å². The lowest BCUT2D eigenvalue weighted by Gasteiger charge is -2.16. The molecule has 20 heavy (non-hydrogen) atoms. The second-order valence-corrected chi connectivity index (χ2v) is 5.85. The molecule has 1 saturated heterocycles. The lowest BCUT2D eigenvalue weighted by molar-refractivity contribution is -0.117. The van der Waals surface area contributed by atoms with Gasteiger partial charge in [0.1, 0.15) is 12.3 Å². The van der Waals surface area contributed by atoms with Crippen LogP contribution in [0.25, 0.3) is 11.1 Å². The van der Waals surface area contributed by atoms with Gasteiger partial charge in [0, 0.05) is 5.56 Å². The van der Waals surface area contributed by atoms with Gasteiger partial charge in [0.05, 0.1) is 18.2 Å². The minimum atomic E-state index is -3.95. The number of rotatable bonds is 2. The van der Waals surface area contributed by atoms with Gasteiger partial charge in [-0.15, -0.1) is 0 Å². The summed E-state index contributed by atoms with van der Waals surface area (Å²) in [6, 6.07) is 6.19. The maximum absolute atomic E-state index is 11.8. The van der Waals surface area contributed by atoms with Crippen LogP contribution in [0.15, 0.2) is 41.2 Å². The fraction of sp³-hybridized carbons (Fsp3) is 0.0833. The Hall–Kier alpha value is -2.48. The van der Waals surface area contributed by atoms with Crippen LogP contribution in [-0.4, -0.2) is 26.0 Å². The van der Waals surface area contributed by atoms with Crippen LogP contribution in [0.3, 0.4) is 0 Å². The van der Waals surface area contributed by atoms with Crippen LogP contribution in [0.5, 0.6) is 5.75 Å². The standard InChI is InChI=1S/C12H10N2O5S/c15-11-2-1-8(9-3-4-19-7-9)5-10(11)14-6-12(16)13-20(14,17)18/h1-5,7,15H,6H2,(H,13,16). The Labute approximate surface area is 114 Å². The Balaban J connectivity index is 2.10. The number of nitrogens with one attached hydrogen (secondary N) is 1. The summed E-state index contributed by atoms with van der Waals surface area (Å²) in [5, 5.41) is 9.84. The number of amides is 1. The monoisotopic (exact) mass is 294 g/mol. The average Bonchev–Trinajstić information content (AvgIpc) is 2.98. The van der Waals surface area contributed by atoms with E-state index in [1.165, 1.54) is 24.7 Å². The first-order chi connectivity index (χ1) is 9.47. The minimum absolute atomic E-state index is 0.0436. The number of furan rings is 1. The van der Waals surface area contributed by atoms with E-state index in [1.807, 2.05) is 4.72 Å². The second kappa shape index (κ2) is 4.27. The number of carbonyl (C=O) groups is 1. The van der Waals surface area contributed by atoms with Crippen molar-refractivity contribution in [1.29, 1.82) is 0 Å². The van der Waals surface area contributed by atoms with E-state index in [1.54, 1.807) is 12.1 Å². The van der Waals surface area contributed by atoms with E-state index in [-0.39, 0.29) is 18.0 Å². The number of hydrogen-bond donors (Lipinski definition) is 2. The van der Waals surface area contributed by atoms with Crippen molar-refractivity contribution in [3.05, 3.63) is 36.8 Å². The number of phenolic OH excluding ortho intramolecular Hbond substituents is 1. The molecule has 0 spiro atoms. The number of nitrogens with zero attached hydrogens (tertiary/aromatic N) is 1. The van der Waals surface area contributed by atoms with Crippen LogP contribution in [0, 0.1) is 0 Å². The fourth-order valence-corrected chi connectivity index (χ4v) is 3.15. The SMILES string of the molecule is O=C1CN(c2cc(-c3ccoc3)ccc2O)S(=O)(=O)N1. The Morgan fingerprint density at radius 1 is 1.25 bits per heavy atom. The van der Waals surface area contributed by atoms with E-state index in [0.717, 1.165) is 9.87 Å². The molecule has 104 valence electrons. The summed E-state index contributed by atoms with van der Waals surface area (Å²) in [7, 11) is -3.95. The van der Waals surface area contributed by atoms with Gasteiger partial charge in [0.25, 0.3) is 5.91 Å². The predicted octanol–water partition coefficient (Wildman–Crippen LogP) is 0.833. The van der Waals surface area contributed by atoms with Crippen molar-refractivity contribution in [2.75, 3.05) is 10.8 Å². The van der Waals surface area contributed by atoms with Gasteiger partial charge in [0.2, 0.25) is 0 Å². The van der Waals surface area contributed by atoms with Crippen molar-refractivity contribution < 1.29 is 22.7 Å². The van der Waals surface area contributed by atoms with E-state index < -0.39 is 16.1 Å². The maximum Gasteiger partial charge on any atom is 0.326 e. The zero-order valence-electron chi connectivity index (χ0n) is 10.1. The lowest BCUT2D eigenvalue weighted by Crippen LogP contribution is -2.29. The Bertz CT molecular complexity index is 767. The highest BCUT2D eigenvalue weighted by Crippen LogP contribution is 2.34. The zero-order valence-corrected chi connectivity index (χ0v) is 10.9. The lowest BCUT2D eigenvalue weighted by atomic mass is 10.1. The summed E-state index contributed by atoms with van der Waals surface area (Å²) in [4.78, 5) is 11.2. The number of benzene rings is 1. The van der Waals surface area contributed by atoms with Crippen molar-refractivity contribution in [1.82, 2.24) is 4.72 Å². The van der Waals surface area contributed by atoms with Crippen LogP contribution in [-0.2, 0) is 15.0 Å². The highest BCUT2D eigenvalue weighted by molar-refractivity contribution is 7.92. The molecule has 2 aromatic rings. The first-order valence-corrected chi connectivity index (χ1v) is 7.10. The van der Waals surface area contributed by atoms with Gasteiger partial charge >= 0.3 is 10.2 Å². The molecule has 3 rings (SSSR count). The molecule has 1 aromatic carbocycles. The van der Waals surface area contributed by atoms with Crippen LogP contribution < -0.4 is 9.03 Å². The average molecular weight is 294 g/mol. The van der Waals surface area contributed by atoms with Crippen molar-refractivity contribution in [3.63, 3.8) is 0 Å². The van der Waals surface area contributed by atoms with Crippen molar-refractivity contribution in [3.8, 4) is 16.9 Å². The summed E-state index contributed by atoms with van der Waals surface area (Å²) in [5.74, 6) is -0.865. The van der Waals surface area contributed by atoms with Gasteiger partial charge < -0.3 is 9.52 Å². The number of anilines is 1. The largest absolute Gasteiger partial charge is 0.506 e. The van der Waals surface area contributed by atoms with Crippen molar-refractivity contribution >= 4 is 21.8 Å². The van der Waals surface area contributed by atoms with Crippen LogP contribution in [0.4, 0.5) is 5.69 Å². The molecule has 7 nitrogen and oxygen atoms in total. The molecule has 8 heteroatoms. The molecule has 0 aliphatic carbocycles. The van der Waals surface area contributed by atoms with Crippen LogP contribution >= 0.6 is 0 Å². The smallest absolute Gasteiger partial charge is 0.326 e. The quantitative estimate of drug-likeness (QED) is 0.854. The molecular weight excluding hydrogens is 284 g/mol. The number of hydrogen-bond acceptors (Lipinski definition) is 5. The van der Waals surface area contributed by atoms with Gasteiger partial charge in [-0.2, -0.15) is 8.42 Å². The van der Waals surface area contributed by atoms with Crippen LogP contribution in [0.2, 0.25) is 0 Å².